The first-order valence-electron chi connectivity index (χ1n) is 23.2. The van der Waals surface area contributed by atoms with Gasteiger partial charge in [-0.3, -0.25) is 14.4 Å². The van der Waals surface area contributed by atoms with Crippen molar-refractivity contribution in [1.82, 2.24) is 5.32 Å². The van der Waals surface area contributed by atoms with E-state index in [0.29, 0.717) is 19.3 Å². The predicted octanol–water partition coefficient (Wildman–Crippen LogP) is 8.90. The minimum Gasteiger partial charge on any atom is -0.462 e. The summed E-state index contributed by atoms with van der Waals surface area (Å²) in [4.78, 5) is 39.6. The van der Waals surface area contributed by atoms with Crippen molar-refractivity contribution in [3.8, 4) is 0 Å². The molecule has 3 aromatic carbocycles. The van der Waals surface area contributed by atoms with Crippen molar-refractivity contribution in [3.63, 3.8) is 0 Å². The van der Waals surface area contributed by atoms with E-state index in [2.05, 4.69) is 66.0 Å². The molecule has 0 aromatic heterocycles. The molecule has 1 aliphatic heterocycles. The van der Waals surface area contributed by atoms with E-state index in [-0.39, 0.29) is 25.2 Å². The molecule has 336 valence electrons. The maximum absolute atomic E-state index is 13.6. The lowest BCUT2D eigenvalue weighted by Gasteiger charge is -2.42. The SMILES string of the molecule is O=C(C[C@H](CCCCCCc1ccccc1)OC(=O)CCCCCCCCc1ccccc1)N[C@@H]1[C@@H](OC(=O)CCCCCCCCc2ccccc2)[C@H](O)[C@@H](CO)O[C@H]1O. The number of hydrogen-bond donors (Lipinski definition) is 4. The molecular formula is C51H73NO9. The topological polar surface area (TPSA) is 152 Å². The third kappa shape index (κ3) is 20.6. The van der Waals surface area contributed by atoms with Crippen LogP contribution >= 0.6 is 0 Å². The zero-order chi connectivity index (χ0) is 43.3. The average molecular weight is 844 g/mol. The number of unbranched alkanes of at least 4 members (excludes halogenated alkanes) is 13. The van der Waals surface area contributed by atoms with E-state index in [4.69, 9.17) is 14.2 Å². The number of aliphatic hydroxyl groups is 3. The van der Waals surface area contributed by atoms with E-state index >= 15 is 0 Å². The summed E-state index contributed by atoms with van der Waals surface area (Å²) in [6.45, 7) is -0.616. The fourth-order valence-electron chi connectivity index (χ4n) is 8.09. The Kier molecular flexibility index (Phi) is 24.4. The number of esters is 2. The van der Waals surface area contributed by atoms with Crippen LogP contribution in [-0.4, -0.2) is 76.5 Å². The van der Waals surface area contributed by atoms with Crippen LogP contribution in [0.25, 0.3) is 0 Å². The van der Waals surface area contributed by atoms with Gasteiger partial charge in [0.15, 0.2) is 12.4 Å². The smallest absolute Gasteiger partial charge is 0.306 e. The molecule has 10 heteroatoms. The molecule has 0 aliphatic carbocycles. The maximum atomic E-state index is 13.6. The Labute approximate surface area is 364 Å². The van der Waals surface area contributed by atoms with E-state index in [9.17, 15) is 29.7 Å². The predicted molar refractivity (Wildman–Crippen MR) is 238 cm³/mol. The number of ether oxygens (including phenoxy) is 3. The molecule has 0 bridgehead atoms. The number of aliphatic hydroxyl groups excluding tert-OH is 3. The third-order valence-electron chi connectivity index (χ3n) is 11.6. The van der Waals surface area contributed by atoms with Crippen LogP contribution < -0.4 is 5.32 Å². The molecule has 3 aromatic rings. The zero-order valence-electron chi connectivity index (χ0n) is 36.4. The van der Waals surface area contributed by atoms with Crippen molar-refractivity contribution in [3.05, 3.63) is 108 Å². The molecule has 4 rings (SSSR count). The number of nitrogens with one attached hydrogen (secondary N) is 1. The Balaban J connectivity index is 1.21. The lowest BCUT2D eigenvalue weighted by molar-refractivity contribution is -0.259. The number of amides is 1. The van der Waals surface area contributed by atoms with Gasteiger partial charge in [-0.15, -0.1) is 0 Å². The highest BCUT2D eigenvalue weighted by molar-refractivity contribution is 5.78. The Morgan fingerprint density at radius 1 is 0.574 bits per heavy atom. The largest absolute Gasteiger partial charge is 0.462 e. The van der Waals surface area contributed by atoms with Gasteiger partial charge in [0.1, 0.15) is 24.4 Å². The zero-order valence-corrected chi connectivity index (χ0v) is 36.4. The molecule has 6 atom stereocenters. The van der Waals surface area contributed by atoms with Crippen LogP contribution in [0, 0.1) is 0 Å². The standard InChI is InChI=1S/C51H73NO9/c53-39-44-49(57)50(61-47(56)37-25-8-4-2-6-15-27-41-31-19-12-20-32-41)48(51(58)60-44)52-45(54)38-43(35-23-10-9-16-28-42-33-21-13-22-34-42)59-46(55)36-24-7-3-1-5-14-26-40-29-17-11-18-30-40/h11-13,17-22,29-34,43-44,48-51,53,57-58H,1-10,14-16,23-28,35-39H2,(H,52,54)/t43-,44+,48+,49+,50+,51+/m0/s1. The van der Waals surface area contributed by atoms with E-state index in [1.807, 2.05) is 30.3 Å². The summed E-state index contributed by atoms with van der Waals surface area (Å²) in [7, 11) is 0. The number of benzene rings is 3. The van der Waals surface area contributed by atoms with E-state index < -0.39 is 55.2 Å². The minimum atomic E-state index is -1.65. The Hall–Kier alpha value is -4.09. The molecule has 0 radical (unpaired) electrons. The van der Waals surface area contributed by atoms with Crippen molar-refractivity contribution in [1.29, 1.82) is 0 Å². The summed E-state index contributed by atoms with van der Waals surface area (Å²) in [5, 5.41) is 34.4. The first kappa shape index (κ1) is 49.6. The molecule has 0 saturated carbocycles. The molecule has 1 fully saturated rings. The van der Waals surface area contributed by atoms with Crippen molar-refractivity contribution < 1.29 is 43.9 Å². The number of rotatable bonds is 31. The van der Waals surface area contributed by atoms with Crippen LogP contribution in [0.1, 0.15) is 145 Å². The summed E-state index contributed by atoms with van der Waals surface area (Å²) >= 11 is 0. The normalized spacial score (nSPS) is 19.2. The monoisotopic (exact) mass is 844 g/mol. The van der Waals surface area contributed by atoms with Crippen LogP contribution in [-0.2, 0) is 47.9 Å². The van der Waals surface area contributed by atoms with E-state index in [1.165, 1.54) is 16.7 Å². The Morgan fingerprint density at radius 3 is 1.48 bits per heavy atom. The van der Waals surface area contributed by atoms with Gasteiger partial charge in [0.2, 0.25) is 5.91 Å². The van der Waals surface area contributed by atoms with E-state index in [1.54, 1.807) is 0 Å². The maximum Gasteiger partial charge on any atom is 0.306 e. The molecule has 1 amide bonds. The van der Waals surface area contributed by atoms with Gasteiger partial charge in [0.05, 0.1) is 13.0 Å². The van der Waals surface area contributed by atoms with Gasteiger partial charge in [0, 0.05) is 12.8 Å². The van der Waals surface area contributed by atoms with Gasteiger partial charge in [0.25, 0.3) is 0 Å². The molecule has 4 N–H and O–H groups in total. The third-order valence-corrected chi connectivity index (χ3v) is 11.6. The summed E-state index contributed by atoms with van der Waals surface area (Å²) in [6.07, 6.45) is 13.0. The second-order valence-corrected chi connectivity index (χ2v) is 16.8. The van der Waals surface area contributed by atoms with Crippen LogP contribution in [0.2, 0.25) is 0 Å². The van der Waals surface area contributed by atoms with Crippen LogP contribution in [0.4, 0.5) is 0 Å². The minimum absolute atomic E-state index is 0.117. The molecule has 61 heavy (non-hydrogen) atoms. The van der Waals surface area contributed by atoms with Gasteiger partial charge >= 0.3 is 11.9 Å². The first-order chi connectivity index (χ1) is 29.8. The van der Waals surface area contributed by atoms with Crippen molar-refractivity contribution >= 4 is 17.8 Å². The highest BCUT2D eigenvalue weighted by atomic mass is 16.6. The molecule has 1 aliphatic rings. The molecule has 10 nitrogen and oxygen atoms in total. The van der Waals surface area contributed by atoms with Gasteiger partial charge in [-0.1, -0.05) is 155 Å². The average Bonchev–Trinajstić information content (AvgIpc) is 3.27. The van der Waals surface area contributed by atoms with Gasteiger partial charge in [-0.05, 0) is 80.9 Å². The van der Waals surface area contributed by atoms with Crippen molar-refractivity contribution in [2.45, 2.75) is 184 Å². The number of hydrogen-bond acceptors (Lipinski definition) is 9. The second-order valence-electron chi connectivity index (χ2n) is 16.8. The molecular weight excluding hydrogens is 771 g/mol. The highest BCUT2D eigenvalue weighted by Gasteiger charge is 2.47. The number of aryl methyl sites for hydroxylation is 3. The lowest BCUT2D eigenvalue weighted by atomic mass is 9.96. The number of carbonyl (C=O) groups excluding carboxylic acids is 3. The number of carbonyl (C=O) groups is 3. The molecule has 0 spiro atoms. The van der Waals surface area contributed by atoms with E-state index in [0.717, 1.165) is 109 Å². The Bertz CT molecular complexity index is 1610. The molecule has 1 saturated heterocycles. The summed E-state index contributed by atoms with van der Waals surface area (Å²) in [5.41, 5.74) is 4.00. The fraction of sp³-hybridized carbons (Fsp3) is 0.588. The Morgan fingerprint density at radius 2 is 1.00 bits per heavy atom. The van der Waals surface area contributed by atoms with Gasteiger partial charge in [-0.25, -0.2) is 0 Å². The van der Waals surface area contributed by atoms with Crippen molar-refractivity contribution in [2.24, 2.45) is 0 Å². The molecule has 1 heterocycles. The lowest BCUT2D eigenvalue weighted by Crippen LogP contribution is -2.65. The summed E-state index contributed by atoms with van der Waals surface area (Å²) in [6, 6.07) is 30.0. The van der Waals surface area contributed by atoms with Crippen molar-refractivity contribution in [2.75, 3.05) is 6.61 Å². The summed E-state index contributed by atoms with van der Waals surface area (Å²) in [5.74, 6) is -1.44. The highest BCUT2D eigenvalue weighted by Crippen LogP contribution is 2.25. The summed E-state index contributed by atoms with van der Waals surface area (Å²) < 4.78 is 17.0. The van der Waals surface area contributed by atoms with Gasteiger partial charge < -0.3 is 34.8 Å². The van der Waals surface area contributed by atoms with Crippen LogP contribution in [0.3, 0.4) is 0 Å². The molecule has 0 unspecified atom stereocenters. The van der Waals surface area contributed by atoms with Crippen LogP contribution in [0.15, 0.2) is 91.0 Å². The van der Waals surface area contributed by atoms with Crippen LogP contribution in [0.5, 0.6) is 0 Å². The van der Waals surface area contributed by atoms with Gasteiger partial charge in [-0.2, -0.15) is 0 Å². The first-order valence-corrected chi connectivity index (χ1v) is 23.2. The second kappa shape index (κ2) is 30.0. The quantitative estimate of drug-likeness (QED) is 0.0368. The fourth-order valence-corrected chi connectivity index (χ4v) is 8.09.